The number of nitrogens with zero attached hydrogens (tertiary/aromatic N) is 2. The zero-order chi connectivity index (χ0) is 21.8. The van der Waals surface area contributed by atoms with Crippen molar-refractivity contribution < 1.29 is 19.1 Å². The van der Waals surface area contributed by atoms with E-state index in [0.29, 0.717) is 28.4 Å². The predicted molar refractivity (Wildman–Crippen MR) is 118 cm³/mol. The number of benzene rings is 1. The van der Waals surface area contributed by atoms with Gasteiger partial charge in [-0.15, -0.1) is 11.3 Å². The molecule has 1 saturated carbocycles. The summed E-state index contributed by atoms with van der Waals surface area (Å²) in [5.41, 5.74) is 3.14. The molecule has 8 nitrogen and oxygen atoms in total. The van der Waals surface area contributed by atoms with E-state index in [-0.39, 0.29) is 12.1 Å². The maximum Gasteiger partial charge on any atom is 0.341 e. The molecule has 2 aromatic heterocycles. The second-order valence-corrected chi connectivity index (χ2v) is 8.03. The maximum atomic E-state index is 12.1. The number of rotatable bonds is 6. The molecule has 4 rings (SSSR count). The molecule has 0 radical (unpaired) electrons. The Hall–Kier alpha value is -3.46. The Balaban J connectivity index is 1.53. The molecule has 0 unspecified atom stereocenters. The van der Waals surface area contributed by atoms with Crippen LogP contribution in [0.5, 0.6) is 5.75 Å². The third kappa shape index (κ3) is 4.66. The van der Waals surface area contributed by atoms with Crippen molar-refractivity contribution in [3.05, 3.63) is 47.6 Å². The van der Waals surface area contributed by atoms with Gasteiger partial charge in [-0.2, -0.15) is 0 Å². The first-order valence-corrected chi connectivity index (χ1v) is 10.7. The van der Waals surface area contributed by atoms with Gasteiger partial charge in [0, 0.05) is 17.0 Å². The van der Waals surface area contributed by atoms with E-state index in [0.717, 1.165) is 23.3 Å². The van der Waals surface area contributed by atoms with Crippen LogP contribution in [0.2, 0.25) is 0 Å². The van der Waals surface area contributed by atoms with Crippen LogP contribution in [0.25, 0.3) is 21.8 Å². The molecule has 2 heterocycles. The first-order valence-electron chi connectivity index (χ1n) is 9.82. The second kappa shape index (κ2) is 9.13. The quantitative estimate of drug-likeness (QED) is 0.555. The number of carbonyl (C=O) groups is 2. The molecule has 160 valence electrons. The van der Waals surface area contributed by atoms with Gasteiger partial charge in [0.05, 0.1) is 48.6 Å². The number of methoxy groups -OCH3 is 2. The van der Waals surface area contributed by atoms with Gasteiger partial charge in [0.25, 0.3) is 0 Å². The molecule has 1 aliphatic rings. The van der Waals surface area contributed by atoms with Crippen molar-refractivity contribution in [3.8, 4) is 27.6 Å². The zero-order valence-corrected chi connectivity index (χ0v) is 18.0. The van der Waals surface area contributed by atoms with E-state index in [1.54, 1.807) is 30.6 Å². The van der Waals surface area contributed by atoms with Crippen LogP contribution in [0, 0.1) is 0 Å². The second-order valence-electron chi connectivity index (χ2n) is 7.12. The standard InChI is InChI=1S/C22H22N4O4S/c1-29-19-8-13(6-7-16(19)21(27)30-2)17-10-23-11-18(26-17)20-9-15(12-31-20)25-22(28)24-14-4-3-5-14/h6-12,14H,3-5H2,1-2H3,(H2,24,25,28). The summed E-state index contributed by atoms with van der Waals surface area (Å²) in [6.07, 6.45) is 6.56. The van der Waals surface area contributed by atoms with Crippen LogP contribution in [0.4, 0.5) is 10.5 Å². The number of carbonyl (C=O) groups excluding carboxylic acids is 2. The van der Waals surface area contributed by atoms with E-state index in [1.165, 1.54) is 32.0 Å². The molecule has 9 heteroatoms. The van der Waals surface area contributed by atoms with E-state index in [4.69, 9.17) is 14.5 Å². The minimum Gasteiger partial charge on any atom is -0.496 e. The fourth-order valence-electron chi connectivity index (χ4n) is 3.19. The Morgan fingerprint density at radius 3 is 2.65 bits per heavy atom. The maximum absolute atomic E-state index is 12.1. The minimum absolute atomic E-state index is 0.188. The van der Waals surface area contributed by atoms with E-state index in [2.05, 4.69) is 15.6 Å². The number of ether oxygens (including phenoxy) is 2. The molecular weight excluding hydrogens is 416 g/mol. The highest BCUT2D eigenvalue weighted by molar-refractivity contribution is 7.14. The number of aromatic nitrogens is 2. The third-order valence-corrected chi connectivity index (χ3v) is 6.04. The molecule has 31 heavy (non-hydrogen) atoms. The van der Waals surface area contributed by atoms with Crippen molar-refractivity contribution in [2.45, 2.75) is 25.3 Å². The van der Waals surface area contributed by atoms with E-state index < -0.39 is 5.97 Å². The fraction of sp³-hybridized carbons (Fsp3) is 0.273. The topological polar surface area (TPSA) is 102 Å². The van der Waals surface area contributed by atoms with E-state index in [1.807, 2.05) is 11.4 Å². The van der Waals surface area contributed by atoms with Crippen molar-refractivity contribution in [1.82, 2.24) is 15.3 Å². The summed E-state index contributed by atoms with van der Waals surface area (Å²) in [5, 5.41) is 7.69. The lowest BCUT2D eigenvalue weighted by molar-refractivity contribution is 0.0597. The Labute approximate surface area is 183 Å². The lowest BCUT2D eigenvalue weighted by atomic mass is 9.93. The minimum atomic E-state index is -0.469. The molecule has 0 spiro atoms. The lowest BCUT2D eigenvalue weighted by Gasteiger charge is -2.26. The number of esters is 1. The van der Waals surface area contributed by atoms with Gasteiger partial charge < -0.3 is 20.1 Å². The molecule has 1 aliphatic carbocycles. The molecule has 1 aromatic carbocycles. The summed E-state index contributed by atoms with van der Waals surface area (Å²) >= 11 is 1.47. The van der Waals surface area contributed by atoms with Crippen LogP contribution >= 0.6 is 11.3 Å². The number of hydrogen-bond donors (Lipinski definition) is 2. The summed E-state index contributed by atoms with van der Waals surface area (Å²) in [7, 11) is 2.82. The van der Waals surface area contributed by atoms with Crippen LogP contribution in [-0.4, -0.2) is 42.2 Å². The van der Waals surface area contributed by atoms with Crippen molar-refractivity contribution in [3.63, 3.8) is 0 Å². The van der Waals surface area contributed by atoms with Crippen LogP contribution in [0.3, 0.4) is 0 Å². The first-order chi connectivity index (χ1) is 15.1. The molecule has 0 bridgehead atoms. The van der Waals surface area contributed by atoms with Gasteiger partial charge in [0.2, 0.25) is 0 Å². The highest BCUT2D eigenvalue weighted by Crippen LogP contribution is 2.31. The van der Waals surface area contributed by atoms with E-state index >= 15 is 0 Å². The van der Waals surface area contributed by atoms with Gasteiger partial charge >= 0.3 is 12.0 Å². The number of urea groups is 1. The van der Waals surface area contributed by atoms with Gasteiger partial charge in [0.15, 0.2) is 0 Å². The molecule has 0 aliphatic heterocycles. The monoisotopic (exact) mass is 438 g/mol. The van der Waals surface area contributed by atoms with Crippen LogP contribution < -0.4 is 15.4 Å². The lowest BCUT2D eigenvalue weighted by Crippen LogP contribution is -2.41. The first kappa shape index (κ1) is 20.8. The van der Waals surface area contributed by atoms with Crippen LogP contribution in [0.1, 0.15) is 29.6 Å². The Morgan fingerprint density at radius 1 is 1.13 bits per heavy atom. The van der Waals surface area contributed by atoms with Crippen molar-refractivity contribution in [1.29, 1.82) is 0 Å². The normalized spacial score (nSPS) is 13.2. The van der Waals surface area contributed by atoms with Crippen LogP contribution in [-0.2, 0) is 4.74 Å². The Morgan fingerprint density at radius 2 is 1.94 bits per heavy atom. The van der Waals surface area contributed by atoms with Gasteiger partial charge in [-0.05, 0) is 37.5 Å². The summed E-state index contributed by atoms with van der Waals surface area (Å²) in [6.45, 7) is 0. The summed E-state index contributed by atoms with van der Waals surface area (Å²) in [5.74, 6) is -0.0696. The van der Waals surface area contributed by atoms with Gasteiger partial charge in [-0.25, -0.2) is 14.6 Å². The number of hydrogen-bond acceptors (Lipinski definition) is 7. The van der Waals surface area contributed by atoms with Crippen molar-refractivity contribution >= 4 is 29.0 Å². The van der Waals surface area contributed by atoms with Gasteiger partial charge in [0.1, 0.15) is 11.3 Å². The third-order valence-electron chi connectivity index (χ3n) is 5.09. The van der Waals surface area contributed by atoms with Gasteiger partial charge in [-0.3, -0.25) is 4.98 Å². The summed E-state index contributed by atoms with van der Waals surface area (Å²) in [6, 6.07) is 7.11. The molecule has 0 saturated heterocycles. The molecule has 2 amide bonds. The Kier molecular flexibility index (Phi) is 6.13. The molecule has 3 aromatic rings. The molecule has 1 fully saturated rings. The highest BCUT2D eigenvalue weighted by atomic mass is 32.1. The largest absolute Gasteiger partial charge is 0.496 e. The van der Waals surface area contributed by atoms with Gasteiger partial charge in [-0.1, -0.05) is 6.07 Å². The zero-order valence-electron chi connectivity index (χ0n) is 17.2. The number of anilines is 1. The van der Waals surface area contributed by atoms with E-state index in [9.17, 15) is 9.59 Å². The number of thiophene rings is 1. The number of amides is 2. The highest BCUT2D eigenvalue weighted by Gasteiger charge is 2.19. The average molecular weight is 439 g/mol. The van der Waals surface area contributed by atoms with Crippen molar-refractivity contribution in [2.75, 3.05) is 19.5 Å². The fourth-order valence-corrected chi connectivity index (χ4v) is 3.99. The summed E-state index contributed by atoms with van der Waals surface area (Å²) in [4.78, 5) is 33.8. The SMILES string of the molecule is COC(=O)c1ccc(-c2cncc(-c3cc(NC(=O)NC4CCC4)cs3)n2)cc1OC. The summed E-state index contributed by atoms with van der Waals surface area (Å²) < 4.78 is 10.1. The van der Waals surface area contributed by atoms with Crippen LogP contribution in [0.15, 0.2) is 42.0 Å². The molecule has 2 N–H and O–H groups in total. The Bertz CT molecular complexity index is 1110. The smallest absolute Gasteiger partial charge is 0.341 e. The molecular formula is C22H22N4O4S. The molecule has 0 atom stereocenters. The average Bonchev–Trinajstić information content (AvgIpc) is 3.23. The van der Waals surface area contributed by atoms with Crippen molar-refractivity contribution in [2.24, 2.45) is 0 Å². The number of nitrogens with one attached hydrogen (secondary N) is 2. The predicted octanol–water partition coefficient (Wildman–Crippen LogP) is 4.34.